The van der Waals surface area contributed by atoms with E-state index in [2.05, 4.69) is 20.7 Å². The summed E-state index contributed by atoms with van der Waals surface area (Å²) in [5.41, 5.74) is 0.520. The third kappa shape index (κ3) is 7.99. The Bertz CT molecular complexity index is 1540. The molecule has 3 aromatic rings. The zero-order valence-electron chi connectivity index (χ0n) is 21.4. The van der Waals surface area contributed by atoms with Crippen LogP contribution in [0.4, 0.5) is 27.8 Å². The largest absolute Gasteiger partial charge is 0.484 e. The first-order valence-electron chi connectivity index (χ1n) is 12.1. The van der Waals surface area contributed by atoms with E-state index in [-0.39, 0.29) is 40.6 Å². The van der Waals surface area contributed by atoms with E-state index in [0.717, 1.165) is 23.2 Å². The summed E-state index contributed by atoms with van der Waals surface area (Å²) < 4.78 is 92.5. The lowest BCUT2D eigenvalue weighted by atomic mass is 9.96. The molecule has 4 rings (SSSR count). The number of aryl methyl sites for hydroxylation is 1. The fraction of sp³-hybridized carbons (Fsp3) is 0.360. The number of fused-ring (bicyclic) bond motifs is 1. The Morgan fingerprint density at radius 3 is 2.63 bits per heavy atom. The van der Waals surface area contributed by atoms with Gasteiger partial charge in [0.05, 0.1) is 5.69 Å². The van der Waals surface area contributed by atoms with Crippen molar-refractivity contribution in [1.29, 1.82) is 0 Å². The number of ether oxygens (including phenoxy) is 1. The molecule has 1 aliphatic rings. The topological polar surface area (TPSA) is 132 Å². The lowest BCUT2D eigenvalue weighted by Crippen LogP contribution is -2.41. The number of sulfone groups is 1. The number of pyridine rings is 1. The van der Waals surface area contributed by atoms with Crippen molar-refractivity contribution < 1.29 is 44.7 Å². The van der Waals surface area contributed by atoms with Gasteiger partial charge >= 0.3 is 6.18 Å². The molecule has 1 atom stereocenters. The van der Waals surface area contributed by atoms with Crippen LogP contribution in [0.5, 0.6) is 5.75 Å². The van der Waals surface area contributed by atoms with E-state index in [1.54, 1.807) is 12.1 Å². The molecule has 2 amide bonds. The maximum absolute atomic E-state index is 13.1. The molecule has 2 N–H and O–H groups in total. The van der Waals surface area contributed by atoms with Crippen LogP contribution in [-0.4, -0.2) is 65.8 Å². The van der Waals surface area contributed by atoms with Gasteiger partial charge in [-0.25, -0.2) is 22.2 Å². The molecule has 0 aliphatic carbocycles. The quantitative estimate of drug-likeness (QED) is 0.341. The van der Waals surface area contributed by atoms with Gasteiger partial charge < -0.3 is 15.4 Å². The van der Waals surface area contributed by atoms with Gasteiger partial charge in [0, 0.05) is 30.5 Å². The highest BCUT2D eigenvalue weighted by Gasteiger charge is 2.33. The van der Waals surface area contributed by atoms with Crippen molar-refractivity contribution in [3.8, 4) is 11.6 Å². The number of aromatic nitrogens is 3. The zero-order chi connectivity index (χ0) is 29.9. The van der Waals surface area contributed by atoms with Crippen molar-refractivity contribution >= 4 is 27.5 Å². The lowest BCUT2D eigenvalue weighted by molar-refractivity contribution is -0.153. The van der Waals surface area contributed by atoms with Crippen LogP contribution < -0.4 is 15.4 Å². The molecule has 0 saturated heterocycles. The molecule has 0 radical (unpaired) electrons. The standard InChI is InChI=1S/C25H24F5N5O5S/c1-41(38,39)12-20(36)33-23-21-18(34-35(23)19-8-6-15(11-31-19)22(26)27)10-16(32-24(21)37)7-5-14-3-2-4-17(9-14)40-13-25(28,29)30/h2-4,6,8-9,11,16,22H,5,7,10,12-13H2,1H3,(H,32,37)(H,33,36)/t16-/m0/s1. The van der Waals surface area contributed by atoms with Crippen LogP contribution in [0.3, 0.4) is 0 Å². The Morgan fingerprint density at radius 1 is 1.24 bits per heavy atom. The SMILES string of the molecule is CS(=O)(=O)CC(=O)Nc1c2c(nn1-c1ccc(C(F)F)cn1)C[C@H](CCc1cccc(OCC(F)(F)F)c1)NC2=O. The highest BCUT2D eigenvalue weighted by atomic mass is 32.2. The second-order valence-corrected chi connectivity index (χ2v) is 11.6. The number of amides is 2. The normalized spacial score (nSPS) is 15.4. The molecule has 220 valence electrons. The summed E-state index contributed by atoms with van der Waals surface area (Å²) in [5.74, 6) is -2.56. The lowest BCUT2D eigenvalue weighted by Gasteiger charge is -2.23. The summed E-state index contributed by atoms with van der Waals surface area (Å²) in [6.07, 6.45) is -4.55. The molecule has 0 spiro atoms. The van der Waals surface area contributed by atoms with E-state index in [4.69, 9.17) is 4.74 Å². The van der Waals surface area contributed by atoms with Crippen LogP contribution in [0, 0.1) is 0 Å². The number of carbonyl (C=O) groups is 2. The number of carbonyl (C=O) groups excluding carboxylic acids is 2. The molecule has 0 bridgehead atoms. The summed E-state index contributed by atoms with van der Waals surface area (Å²) in [6.45, 7) is -1.43. The van der Waals surface area contributed by atoms with Crippen LogP contribution in [0.2, 0.25) is 0 Å². The Hall–Kier alpha value is -4.08. The minimum atomic E-state index is -4.48. The van der Waals surface area contributed by atoms with Gasteiger partial charge in [0.1, 0.15) is 17.1 Å². The number of alkyl halides is 5. The van der Waals surface area contributed by atoms with E-state index >= 15 is 0 Å². The summed E-state index contributed by atoms with van der Waals surface area (Å²) >= 11 is 0. The first-order chi connectivity index (χ1) is 19.2. The molecule has 0 unspecified atom stereocenters. The number of halogens is 5. The molecule has 1 aromatic carbocycles. The second-order valence-electron chi connectivity index (χ2n) is 9.42. The van der Waals surface area contributed by atoms with Gasteiger partial charge in [-0.2, -0.15) is 23.0 Å². The Morgan fingerprint density at radius 2 is 2.00 bits per heavy atom. The third-order valence-electron chi connectivity index (χ3n) is 5.93. The van der Waals surface area contributed by atoms with Gasteiger partial charge in [0.25, 0.3) is 12.3 Å². The van der Waals surface area contributed by atoms with Gasteiger partial charge in [-0.3, -0.25) is 9.59 Å². The highest BCUT2D eigenvalue weighted by molar-refractivity contribution is 7.91. The monoisotopic (exact) mass is 601 g/mol. The number of hydrogen-bond acceptors (Lipinski definition) is 7. The molecule has 1 aliphatic heterocycles. The third-order valence-corrected chi connectivity index (χ3v) is 6.72. The molecule has 0 saturated carbocycles. The van der Waals surface area contributed by atoms with Gasteiger partial charge in [-0.15, -0.1) is 0 Å². The van der Waals surface area contributed by atoms with E-state index in [0.29, 0.717) is 18.4 Å². The predicted octanol–water partition coefficient (Wildman–Crippen LogP) is 3.42. The predicted molar refractivity (Wildman–Crippen MR) is 136 cm³/mol. The van der Waals surface area contributed by atoms with Gasteiger partial charge in [-0.1, -0.05) is 12.1 Å². The second kappa shape index (κ2) is 11.8. The van der Waals surface area contributed by atoms with Crippen molar-refractivity contribution in [3.05, 3.63) is 65.0 Å². The maximum Gasteiger partial charge on any atom is 0.422 e. The van der Waals surface area contributed by atoms with Crippen molar-refractivity contribution in [1.82, 2.24) is 20.1 Å². The van der Waals surface area contributed by atoms with Crippen molar-refractivity contribution in [2.45, 2.75) is 37.9 Å². The van der Waals surface area contributed by atoms with Crippen LogP contribution in [0.25, 0.3) is 5.82 Å². The van der Waals surface area contributed by atoms with Crippen molar-refractivity contribution in [2.75, 3.05) is 23.9 Å². The fourth-order valence-corrected chi connectivity index (χ4v) is 4.75. The molecule has 2 aromatic heterocycles. The smallest absolute Gasteiger partial charge is 0.422 e. The molecule has 41 heavy (non-hydrogen) atoms. The summed E-state index contributed by atoms with van der Waals surface area (Å²) in [5, 5.41) is 9.55. The molecular weight excluding hydrogens is 577 g/mol. The Balaban J connectivity index is 1.56. The van der Waals surface area contributed by atoms with Crippen LogP contribution in [-0.2, 0) is 27.5 Å². The number of rotatable bonds is 10. The van der Waals surface area contributed by atoms with Crippen molar-refractivity contribution in [2.24, 2.45) is 0 Å². The van der Waals surface area contributed by atoms with Crippen LogP contribution in [0.15, 0.2) is 42.6 Å². The van der Waals surface area contributed by atoms with Crippen molar-refractivity contribution in [3.63, 3.8) is 0 Å². The molecule has 0 fully saturated rings. The molecule has 16 heteroatoms. The van der Waals surface area contributed by atoms with Gasteiger partial charge in [0.15, 0.2) is 28.1 Å². The van der Waals surface area contributed by atoms with E-state index in [1.807, 2.05) is 0 Å². The van der Waals surface area contributed by atoms with Crippen LogP contribution in [0.1, 0.15) is 40.0 Å². The number of hydrogen-bond donors (Lipinski definition) is 2. The first kappa shape index (κ1) is 29.9. The minimum Gasteiger partial charge on any atom is -0.484 e. The average molecular weight is 602 g/mol. The van der Waals surface area contributed by atoms with E-state index in [1.165, 1.54) is 18.2 Å². The first-order valence-corrected chi connectivity index (χ1v) is 14.2. The number of nitrogens with zero attached hydrogens (tertiary/aromatic N) is 3. The highest BCUT2D eigenvalue weighted by Crippen LogP contribution is 2.29. The molecule has 10 nitrogen and oxygen atoms in total. The van der Waals surface area contributed by atoms with Gasteiger partial charge in [0.2, 0.25) is 5.91 Å². The van der Waals surface area contributed by atoms with Crippen LogP contribution >= 0.6 is 0 Å². The fourth-order valence-electron chi connectivity index (χ4n) is 4.20. The van der Waals surface area contributed by atoms with E-state index < -0.39 is 52.7 Å². The summed E-state index contributed by atoms with van der Waals surface area (Å²) in [7, 11) is -3.72. The zero-order valence-corrected chi connectivity index (χ0v) is 22.2. The maximum atomic E-state index is 13.1. The average Bonchev–Trinajstić information content (AvgIpc) is 3.23. The molecular formula is C25H24F5N5O5S. The van der Waals surface area contributed by atoms with E-state index in [9.17, 15) is 40.0 Å². The number of anilines is 1. The Kier molecular flexibility index (Phi) is 8.60. The minimum absolute atomic E-state index is 0.00141. The summed E-state index contributed by atoms with van der Waals surface area (Å²) in [6, 6.07) is 8.00. The summed E-state index contributed by atoms with van der Waals surface area (Å²) in [4.78, 5) is 29.5. The number of nitrogens with one attached hydrogen (secondary N) is 2. The van der Waals surface area contributed by atoms with Gasteiger partial charge in [-0.05, 0) is 42.7 Å². The number of benzene rings is 1. The molecule has 3 heterocycles. The Labute approximate surface area is 230 Å².